The summed E-state index contributed by atoms with van der Waals surface area (Å²) in [6.07, 6.45) is 8.14. The molecular formula is C15H24N4O2. The summed E-state index contributed by atoms with van der Waals surface area (Å²) in [6.45, 7) is 3.89. The highest BCUT2D eigenvalue weighted by atomic mass is 16.5. The minimum absolute atomic E-state index is 0.107. The molecule has 1 atom stereocenters. The van der Waals surface area contributed by atoms with E-state index in [2.05, 4.69) is 27.7 Å². The highest BCUT2D eigenvalue weighted by Gasteiger charge is 2.33. The molecule has 1 saturated heterocycles. The fraction of sp³-hybridized carbons (Fsp3) is 0.800. The first-order chi connectivity index (χ1) is 10.2. The maximum atomic E-state index is 12.2. The van der Waals surface area contributed by atoms with Crippen molar-refractivity contribution in [3.05, 3.63) is 11.7 Å². The van der Waals surface area contributed by atoms with Crippen LogP contribution >= 0.6 is 0 Å². The summed E-state index contributed by atoms with van der Waals surface area (Å²) < 4.78 is 5.21. The van der Waals surface area contributed by atoms with Crippen molar-refractivity contribution in [3.8, 4) is 0 Å². The summed E-state index contributed by atoms with van der Waals surface area (Å²) in [7, 11) is 0. The van der Waals surface area contributed by atoms with Gasteiger partial charge in [0.15, 0.2) is 0 Å². The molecule has 116 valence electrons. The van der Waals surface area contributed by atoms with Gasteiger partial charge in [-0.3, -0.25) is 4.79 Å². The Kier molecular flexibility index (Phi) is 4.24. The zero-order valence-corrected chi connectivity index (χ0v) is 12.7. The Labute approximate surface area is 125 Å². The molecular weight excluding hydrogens is 268 g/mol. The van der Waals surface area contributed by atoms with E-state index < -0.39 is 0 Å². The van der Waals surface area contributed by atoms with Crippen molar-refractivity contribution in [2.24, 2.45) is 5.41 Å². The van der Waals surface area contributed by atoms with Gasteiger partial charge >= 0.3 is 0 Å². The van der Waals surface area contributed by atoms with Gasteiger partial charge in [-0.2, -0.15) is 4.98 Å². The number of hydrogen-bond acceptors (Lipinski definition) is 5. The Hall–Kier alpha value is -1.43. The monoisotopic (exact) mass is 292 g/mol. The lowest BCUT2D eigenvalue weighted by atomic mass is 9.83. The van der Waals surface area contributed by atoms with Crippen LogP contribution in [0, 0.1) is 5.41 Å². The molecule has 0 aromatic carbocycles. The van der Waals surface area contributed by atoms with Crippen molar-refractivity contribution < 1.29 is 9.32 Å². The first kappa shape index (κ1) is 14.5. The summed E-state index contributed by atoms with van der Waals surface area (Å²) >= 11 is 0. The zero-order valence-electron chi connectivity index (χ0n) is 12.7. The van der Waals surface area contributed by atoms with Crippen molar-refractivity contribution in [1.29, 1.82) is 0 Å². The lowest BCUT2D eigenvalue weighted by molar-refractivity contribution is 0.0915. The van der Waals surface area contributed by atoms with Gasteiger partial charge in [0.05, 0.1) is 6.04 Å². The molecule has 1 aliphatic heterocycles. The molecule has 1 amide bonds. The average Bonchev–Trinajstić information content (AvgIpc) is 3.25. The smallest absolute Gasteiger partial charge is 0.292 e. The number of carbonyl (C=O) groups excluding carboxylic acids is 1. The Morgan fingerprint density at radius 2 is 2.24 bits per heavy atom. The number of aromatic nitrogens is 2. The van der Waals surface area contributed by atoms with Crippen molar-refractivity contribution >= 4 is 5.91 Å². The number of hydrogen-bond donors (Lipinski definition) is 2. The van der Waals surface area contributed by atoms with Crippen LogP contribution < -0.4 is 10.6 Å². The van der Waals surface area contributed by atoms with Gasteiger partial charge in [0.25, 0.3) is 11.7 Å². The molecule has 21 heavy (non-hydrogen) atoms. The molecule has 1 saturated carbocycles. The van der Waals surface area contributed by atoms with E-state index in [1.165, 1.54) is 25.7 Å². The number of amides is 1. The topological polar surface area (TPSA) is 80.0 Å². The van der Waals surface area contributed by atoms with E-state index in [0.717, 1.165) is 25.8 Å². The highest BCUT2D eigenvalue weighted by molar-refractivity contribution is 5.90. The summed E-state index contributed by atoms with van der Waals surface area (Å²) in [5.41, 5.74) is 0.273. The number of nitrogens with one attached hydrogen (secondary N) is 2. The standard InChI is InChI=1S/C15H24N4O2/c1-2-15(7-3-4-8-15)10-17-13(20)12-18-14(21-19-12)11-6-5-9-16-11/h11,16H,2-10H2,1H3,(H,17,20). The molecule has 2 fully saturated rings. The Bertz CT molecular complexity index is 488. The van der Waals surface area contributed by atoms with Gasteiger partial charge in [-0.25, -0.2) is 0 Å². The molecule has 2 heterocycles. The zero-order chi connectivity index (χ0) is 14.7. The Balaban J connectivity index is 1.57. The fourth-order valence-corrected chi connectivity index (χ4v) is 3.49. The van der Waals surface area contributed by atoms with E-state index in [9.17, 15) is 4.79 Å². The summed E-state index contributed by atoms with van der Waals surface area (Å²) in [5.74, 6) is 0.467. The van der Waals surface area contributed by atoms with Crippen LogP contribution in [0.15, 0.2) is 4.52 Å². The molecule has 2 aliphatic rings. The van der Waals surface area contributed by atoms with Crippen LogP contribution in [0.5, 0.6) is 0 Å². The molecule has 6 nitrogen and oxygen atoms in total. The predicted octanol–water partition coefficient (Wildman–Crippen LogP) is 2.19. The van der Waals surface area contributed by atoms with Crippen LogP contribution in [-0.2, 0) is 0 Å². The van der Waals surface area contributed by atoms with Crippen molar-refractivity contribution in [1.82, 2.24) is 20.8 Å². The third-order valence-electron chi connectivity index (χ3n) is 5.04. The minimum Gasteiger partial charge on any atom is -0.349 e. The van der Waals surface area contributed by atoms with Gasteiger partial charge in [-0.15, -0.1) is 0 Å². The van der Waals surface area contributed by atoms with Crippen LogP contribution in [0.25, 0.3) is 0 Å². The van der Waals surface area contributed by atoms with Crippen molar-refractivity contribution in [2.75, 3.05) is 13.1 Å². The summed E-state index contributed by atoms with van der Waals surface area (Å²) in [5, 5.41) is 10.1. The number of carbonyl (C=O) groups is 1. The van der Waals surface area contributed by atoms with Gasteiger partial charge in [-0.1, -0.05) is 24.9 Å². The van der Waals surface area contributed by atoms with E-state index in [0.29, 0.717) is 12.4 Å². The Morgan fingerprint density at radius 1 is 1.43 bits per heavy atom. The fourth-order valence-electron chi connectivity index (χ4n) is 3.49. The van der Waals surface area contributed by atoms with Crippen LogP contribution in [0.2, 0.25) is 0 Å². The average molecular weight is 292 g/mol. The van der Waals surface area contributed by atoms with Crippen molar-refractivity contribution in [3.63, 3.8) is 0 Å². The van der Waals surface area contributed by atoms with E-state index in [4.69, 9.17) is 4.52 Å². The lowest BCUT2D eigenvalue weighted by Gasteiger charge is -2.27. The van der Waals surface area contributed by atoms with E-state index in [1.54, 1.807) is 0 Å². The van der Waals surface area contributed by atoms with Crippen LogP contribution in [0.4, 0.5) is 0 Å². The third kappa shape index (κ3) is 3.10. The van der Waals surface area contributed by atoms with Crippen LogP contribution in [0.3, 0.4) is 0 Å². The van der Waals surface area contributed by atoms with Crippen LogP contribution in [-0.4, -0.2) is 29.1 Å². The maximum Gasteiger partial charge on any atom is 0.292 e. The quantitative estimate of drug-likeness (QED) is 0.869. The van der Waals surface area contributed by atoms with Gasteiger partial charge < -0.3 is 15.2 Å². The van der Waals surface area contributed by atoms with Gasteiger partial charge in [-0.05, 0) is 44.1 Å². The summed E-state index contributed by atoms with van der Waals surface area (Å²) in [4.78, 5) is 16.4. The maximum absolute atomic E-state index is 12.2. The van der Waals surface area contributed by atoms with Gasteiger partial charge in [0.1, 0.15) is 0 Å². The highest BCUT2D eigenvalue weighted by Crippen LogP contribution is 2.40. The first-order valence-corrected chi connectivity index (χ1v) is 8.08. The van der Waals surface area contributed by atoms with E-state index >= 15 is 0 Å². The second kappa shape index (κ2) is 6.13. The number of rotatable bonds is 5. The summed E-state index contributed by atoms with van der Waals surface area (Å²) in [6, 6.07) is 0.107. The minimum atomic E-state index is -0.220. The third-order valence-corrected chi connectivity index (χ3v) is 5.04. The predicted molar refractivity (Wildman–Crippen MR) is 77.8 cm³/mol. The molecule has 3 rings (SSSR count). The molecule has 0 spiro atoms. The molecule has 1 aromatic rings. The molecule has 6 heteroatoms. The van der Waals surface area contributed by atoms with Gasteiger partial charge in [0.2, 0.25) is 5.89 Å². The lowest BCUT2D eigenvalue weighted by Crippen LogP contribution is -2.36. The van der Waals surface area contributed by atoms with E-state index in [-0.39, 0.29) is 23.2 Å². The molecule has 1 aromatic heterocycles. The molecule has 1 unspecified atom stereocenters. The second-order valence-corrected chi connectivity index (χ2v) is 6.35. The SMILES string of the molecule is CCC1(CNC(=O)c2noc(C3CCCN3)n2)CCCC1. The van der Waals surface area contributed by atoms with Crippen molar-refractivity contribution in [2.45, 2.75) is 57.9 Å². The second-order valence-electron chi connectivity index (χ2n) is 6.35. The first-order valence-electron chi connectivity index (χ1n) is 8.08. The normalized spacial score (nSPS) is 24.3. The van der Waals surface area contributed by atoms with E-state index in [1.807, 2.05) is 0 Å². The van der Waals surface area contributed by atoms with Crippen LogP contribution in [0.1, 0.15) is 74.4 Å². The molecule has 1 aliphatic carbocycles. The number of nitrogens with zero attached hydrogens (tertiary/aromatic N) is 2. The molecule has 0 bridgehead atoms. The Morgan fingerprint density at radius 3 is 2.90 bits per heavy atom. The molecule has 2 N–H and O–H groups in total. The largest absolute Gasteiger partial charge is 0.349 e. The molecule has 0 radical (unpaired) electrons. The van der Waals surface area contributed by atoms with Gasteiger partial charge in [0, 0.05) is 6.54 Å².